The Hall–Kier alpha value is -1.29. The van der Waals surface area contributed by atoms with Crippen molar-refractivity contribution in [1.82, 2.24) is 9.78 Å². The van der Waals surface area contributed by atoms with Crippen molar-refractivity contribution >= 4 is 15.9 Å². The highest BCUT2D eigenvalue weighted by Gasteiger charge is 2.29. The second-order valence-electron chi connectivity index (χ2n) is 4.99. The summed E-state index contributed by atoms with van der Waals surface area (Å²) >= 11 is 3.40. The van der Waals surface area contributed by atoms with Gasteiger partial charge in [-0.2, -0.15) is 0 Å². The molecule has 0 unspecified atom stereocenters. The van der Waals surface area contributed by atoms with E-state index in [1.165, 1.54) is 18.4 Å². The van der Waals surface area contributed by atoms with Crippen molar-refractivity contribution in [3.8, 4) is 0 Å². The van der Waals surface area contributed by atoms with Crippen molar-refractivity contribution in [2.24, 2.45) is 0 Å². The van der Waals surface area contributed by atoms with Crippen molar-refractivity contribution in [1.29, 1.82) is 0 Å². The van der Waals surface area contributed by atoms with E-state index in [-0.39, 0.29) is 5.56 Å². The number of halogens is 1. The zero-order valence-electron chi connectivity index (χ0n) is 10.2. The molecule has 1 aromatic carbocycles. The van der Waals surface area contributed by atoms with Crippen LogP contribution in [0.4, 0.5) is 0 Å². The maximum absolute atomic E-state index is 12.1. The molecule has 1 heterocycles. The number of aromatic nitrogens is 2. The summed E-state index contributed by atoms with van der Waals surface area (Å²) in [6.45, 7) is 2.67. The van der Waals surface area contributed by atoms with Crippen LogP contribution in [0.5, 0.6) is 0 Å². The SMILES string of the molecule is Cc1cccc(Cn2[nH]c(C3CC3)c(Br)c2=O)c1. The van der Waals surface area contributed by atoms with Crippen molar-refractivity contribution < 1.29 is 0 Å². The molecule has 4 heteroatoms. The number of rotatable bonds is 3. The van der Waals surface area contributed by atoms with Gasteiger partial charge in [-0.1, -0.05) is 29.8 Å². The number of benzene rings is 1. The first-order valence-corrected chi connectivity index (χ1v) is 6.98. The molecular weight excluding hydrogens is 292 g/mol. The summed E-state index contributed by atoms with van der Waals surface area (Å²) in [6.07, 6.45) is 2.37. The standard InChI is InChI=1S/C14H15BrN2O/c1-9-3-2-4-10(7-9)8-17-14(18)12(15)13(16-17)11-5-6-11/h2-4,7,11,16H,5-6,8H2,1H3. The van der Waals surface area contributed by atoms with E-state index in [0.717, 1.165) is 11.3 Å². The summed E-state index contributed by atoms with van der Waals surface area (Å²) in [4.78, 5) is 12.1. The highest BCUT2D eigenvalue weighted by atomic mass is 79.9. The molecule has 0 bridgehead atoms. The van der Waals surface area contributed by atoms with Crippen LogP contribution in [0.15, 0.2) is 33.5 Å². The molecule has 1 aromatic heterocycles. The fraction of sp³-hybridized carbons (Fsp3) is 0.357. The molecule has 1 aliphatic carbocycles. The normalized spacial score (nSPS) is 15.0. The molecule has 1 saturated carbocycles. The van der Waals surface area contributed by atoms with E-state index in [2.05, 4.69) is 40.1 Å². The van der Waals surface area contributed by atoms with E-state index >= 15 is 0 Å². The molecule has 3 rings (SSSR count). The van der Waals surface area contributed by atoms with Gasteiger partial charge < -0.3 is 0 Å². The number of nitrogens with one attached hydrogen (secondary N) is 1. The van der Waals surface area contributed by atoms with Gasteiger partial charge in [-0.3, -0.25) is 9.89 Å². The van der Waals surface area contributed by atoms with Gasteiger partial charge in [-0.25, -0.2) is 4.68 Å². The van der Waals surface area contributed by atoms with Gasteiger partial charge >= 0.3 is 0 Å². The van der Waals surface area contributed by atoms with Crippen LogP contribution in [0, 0.1) is 6.92 Å². The minimum Gasteiger partial charge on any atom is -0.298 e. The molecule has 0 radical (unpaired) electrons. The van der Waals surface area contributed by atoms with E-state index < -0.39 is 0 Å². The summed E-state index contributed by atoms with van der Waals surface area (Å²) in [5.41, 5.74) is 3.47. The number of H-pyrrole nitrogens is 1. The van der Waals surface area contributed by atoms with E-state index in [4.69, 9.17) is 0 Å². The maximum atomic E-state index is 12.1. The van der Waals surface area contributed by atoms with Crippen molar-refractivity contribution in [2.75, 3.05) is 0 Å². The van der Waals surface area contributed by atoms with E-state index in [0.29, 0.717) is 16.9 Å². The molecule has 0 aliphatic heterocycles. The third-order valence-electron chi connectivity index (χ3n) is 3.33. The van der Waals surface area contributed by atoms with E-state index in [1.54, 1.807) is 4.68 Å². The predicted octanol–water partition coefficient (Wildman–Crippen LogP) is 3.17. The van der Waals surface area contributed by atoms with Crippen molar-refractivity contribution in [2.45, 2.75) is 32.2 Å². The lowest BCUT2D eigenvalue weighted by atomic mass is 10.1. The van der Waals surface area contributed by atoms with Crippen LogP contribution in [0.1, 0.15) is 35.6 Å². The number of aryl methyl sites for hydroxylation is 1. The molecule has 0 saturated heterocycles. The molecule has 18 heavy (non-hydrogen) atoms. The van der Waals surface area contributed by atoms with Crippen LogP contribution in [-0.2, 0) is 6.54 Å². The van der Waals surface area contributed by atoms with Gasteiger partial charge in [-0.15, -0.1) is 0 Å². The predicted molar refractivity (Wildman–Crippen MR) is 75.0 cm³/mol. The zero-order chi connectivity index (χ0) is 12.7. The Morgan fingerprint density at radius 1 is 1.44 bits per heavy atom. The number of nitrogens with zero attached hydrogens (tertiary/aromatic N) is 1. The Kier molecular flexibility index (Phi) is 2.90. The Morgan fingerprint density at radius 2 is 2.22 bits per heavy atom. The fourth-order valence-corrected chi connectivity index (χ4v) is 2.85. The Bertz CT molecular complexity index is 637. The molecule has 1 fully saturated rings. The Labute approximate surface area is 114 Å². The minimum absolute atomic E-state index is 0.0402. The van der Waals surface area contributed by atoms with Crippen LogP contribution >= 0.6 is 15.9 Å². The molecule has 0 atom stereocenters. The van der Waals surface area contributed by atoms with Gasteiger partial charge in [0.1, 0.15) is 4.47 Å². The average molecular weight is 307 g/mol. The third kappa shape index (κ3) is 2.17. The van der Waals surface area contributed by atoms with Crippen LogP contribution < -0.4 is 5.56 Å². The quantitative estimate of drug-likeness (QED) is 0.929. The van der Waals surface area contributed by atoms with Gasteiger partial charge in [-0.05, 0) is 41.3 Å². The van der Waals surface area contributed by atoms with Gasteiger partial charge in [0.05, 0.1) is 12.2 Å². The molecule has 0 amide bonds. The second-order valence-corrected chi connectivity index (χ2v) is 5.79. The lowest BCUT2D eigenvalue weighted by Crippen LogP contribution is -2.17. The Balaban J connectivity index is 1.93. The number of hydrogen-bond donors (Lipinski definition) is 1. The fourth-order valence-electron chi connectivity index (χ4n) is 2.23. The topological polar surface area (TPSA) is 37.8 Å². The molecule has 3 nitrogen and oxygen atoms in total. The summed E-state index contributed by atoms with van der Waals surface area (Å²) in [6, 6.07) is 8.24. The van der Waals surface area contributed by atoms with Gasteiger partial charge in [0.2, 0.25) is 0 Å². The highest BCUT2D eigenvalue weighted by Crippen LogP contribution is 2.41. The molecule has 94 valence electrons. The lowest BCUT2D eigenvalue weighted by Gasteiger charge is -2.03. The monoisotopic (exact) mass is 306 g/mol. The van der Waals surface area contributed by atoms with E-state index in [1.807, 2.05) is 12.1 Å². The summed E-state index contributed by atoms with van der Waals surface area (Å²) in [7, 11) is 0. The Morgan fingerprint density at radius 3 is 2.89 bits per heavy atom. The first-order chi connectivity index (χ1) is 8.65. The first kappa shape index (κ1) is 11.8. The largest absolute Gasteiger partial charge is 0.298 e. The van der Waals surface area contributed by atoms with Gasteiger partial charge in [0.25, 0.3) is 5.56 Å². The summed E-state index contributed by atoms with van der Waals surface area (Å²) < 4.78 is 2.39. The molecule has 2 aromatic rings. The third-order valence-corrected chi connectivity index (χ3v) is 4.10. The maximum Gasteiger partial charge on any atom is 0.281 e. The molecular formula is C14H15BrN2O. The van der Waals surface area contributed by atoms with E-state index in [9.17, 15) is 4.79 Å². The lowest BCUT2D eigenvalue weighted by molar-refractivity contribution is 0.651. The van der Waals surface area contributed by atoms with Crippen LogP contribution in [0.3, 0.4) is 0 Å². The van der Waals surface area contributed by atoms with Crippen molar-refractivity contribution in [3.63, 3.8) is 0 Å². The average Bonchev–Trinajstić information content (AvgIpc) is 3.13. The summed E-state index contributed by atoms with van der Waals surface area (Å²) in [5, 5.41) is 3.24. The second kappa shape index (κ2) is 4.43. The molecule has 0 spiro atoms. The highest BCUT2D eigenvalue weighted by molar-refractivity contribution is 9.10. The van der Waals surface area contributed by atoms with Gasteiger partial charge in [0.15, 0.2) is 0 Å². The number of aromatic amines is 1. The molecule has 1 aliphatic rings. The zero-order valence-corrected chi connectivity index (χ0v) is 11.8. The van der Waals surface area contributed by atoms with Crippen LogP contribution in [-0.4, -0.2) is 9.78 Å². The summed E-state index contributed by atoms with van der Waals surface area (Å²) in [5.74, 6) is 0.547. The van der Waals surface area contributed by atoms with Gasteiger partial charge in [0, 0.05) is 5.92 Å². The smallest absolute Gasteiger partial charge is 0.281 e. The van der Waals surface area contributed by atoms with Crippen LogP contribution in [0.25, 0.3) is 0 Å². The number of hydrogen-bond acceptors (Lipinski definition) is 1. The minimum atomic E-state index is 0.0402. The first-order valence-electron chi connectivity index (χ1n) is 6.19. The van der Waals surface area contributed by atoms with Crippen molar-refractivity contribution in [3.05, 3.63) is 55.9 Å². The molecule has 1 N–H and O–H groups in total. The van der Waals surface area contributed by atoms with Crippen LogP contribution in [0.2, 0.25) is 0 Å².